The van der Waals surface area contributed by atoms with Crippen LogP contribution >= 0.6 is 0 Å². The number of amides is 3. The fourth-order valence-corrected chi connectivity index (χ4v) is 2.60. The summed E-state index contributed by atoms with van der Waals surface area (Å²) < 4.78 is 5.12. The topological polar surface area (TPSA) is 66.9 Å². The normalized spacial score (nSPS) is 17.5. The molecule has 0 atom stereocenters. The maximum atomic E-state index is 12.1. The second-order valence-electron chi connectivity index (χ2n) is 5.11. The highest BCUT2D eigenvalue weighted by molar-refractivity contribution is 6.21. The van der Waals surface area contributed by atoms with E-state index >= 15 is 0 Å². The highest BCUT2D eigenvalue weighted by Crippen LogP contribution is 2.22. The molecule has 0 bridgehead atoms. The van der Waals surface area contributed by atoms with Crippen LogP contribution in [0.5, 0.6) is 0 Å². The number of hydrogen-bond donors (Lipinski definition) is 0. The second kappa shape index (κ2) is 5.65. The molecule has 0 saturated carbocycles. The molecular weight excluding hydrogens is 272 g/mol. The Hall–Kier alpha value is -2.21. The number of carbonyl (C=O) groups excluding carboxylic acids is 3. The van der Waals surface area contributed by atoms with Crippen molar-refractivity contribution >= 4 is 17.7 Å². The van der Waals surface area contributed by atoms with Crippen molar-refractivity contribution in [3.63, 3.8) is 0 Å². The van der Waals surface area contributed by atoms with Gasteiger partial charge in [0, 0.05) is 19.5 Å². The average molecular weight is 288 g/mol. The molecule has 2 aliphatic rings. The molecule has 0 aliphatic carbocycles. The van der Waals surface area contributed by atoms with Crippen LogP contribution in [0.1, 0.15) is 33.6 Å². The summed E-state index contributed by atoms with van der Waals surface area (Å²) in [6.07, 6.45) is 0.789. The van der Waals surface area contributed by atoms with Gasteiger partial charge in [-0.05, 0) is 18.6 Å². The summed E-state index contributed by atoms with van der Waals surface area (Å²) in [5.74, 6) is -0.538. The third kappa shape index (κ3) is 2.54. The van der Waals surface area contributed by atoms with E-state index < -0.39 is 0 Å². The minimum Gasteiger partial charge on any atom is -0.359 e. The molecule has 110 valence electrons. The van der Waals surface area contributed by atoms with E-state index in [1.54, 1.807) is 29.2 Å². The first-order chi connectivity index (χ1) is 10.2. The fourth-order valence-electron chi connectivity index (χ4n) is 2.60. The first-order valence-corrected chi connectivity index (χ1v) is 6.99. The molecule has 21 heavy (non-hydrogen) atoms. The Balaban J connectivity index is 1.56. The van der Waals surface area contributed by atoms with Crippen LogP contribution in [0.4, 0.5) is 0 Å². The Kier molecular flexibility index (Phi) is 3.70. The van der Waals surface area contributed by atoms with Gasteiger partial charge in [0.2, 0.25) is 5.91 Å². The highest BCUT2D eigenvalue weighted by Gasteiger charge is 2.34. The molecular formula is C15H16N2O4. The second-order valence-corrected chi connectivity index (χ2v) is 5.11. The minimum atomic E-state index is -0.271. The van der Waals surface area contributed by atoms with Crippen LogP contribution in [0.3, 0.4) is 0 Å². The number of imide groups is 1. The van der Waals surface area contributed by atoms with E-state index in [0.717, 1.165) is 0 Å². The monoisotopic (exact) mass is 288 g/mol. The van der Waals surface area contributed by atoms with Gasteiger partial charge in [0.25, 0.3) is 11.8 Å². The summed E-state index contributed by atoms with van der Waals surface area (Å²) >= 11 is 0. The summed E-state index contributed by atoms with van der Waals surface area (Å²) in [6, 6.07) is 6.79. The number of fused-ring (bicyclic) bond motifs is 1. The number of benzene rings is 1. The summed E-state index contributed by atoms with van der Waals surface area (Å²) in [5, 5.41) is 0. The molecule has 0 unspecified atom stereocenters. The lowest BCUT2D eigenvalue weighted by atomic mass is 10.1. The van der Waals surface area contributed by atoms with E-state index in [-0.39, 0.29) is 24.3 Å². The number of rotatable bonds is 4. The molecule has 3 amide bonds. The van der Waals surface area contributed by atoms with E-state index in [9.17, 15) is 14.4 Å². The first kappa shape index (κ1) is 13.8. The lowest BCUT2D eigenvalue weighted by Gasteiger charge is -2.16. The lowest BCUT2D eigenvalue weighted by Crippen LogP contribution is -2.33. The van der Waals surface area contributed by atoms with Gasteiger partial charge in [0.05, 0.1) is 17.7 Å². The van der Waals surface area contributed by atoms with Gasteiger partial charge >= 0.3 is 0 Å². The number of nitrogens with zero attached hydrogens (tertiary/aromatic N) is 2. The Bertz CT molecular complexity index is 558. The Morgan fingerprint density at radius 2 is 1.81 bits per heavy atom. The third-order valence-corrected chi connectivity index (χ3v) is 3.76. The zero-order valence-corrected chi connectivity index (χ0v) is 11.6. The van der Waals surface area contributed by atoms with E-state index in [0.29, 0.717) is 43.9 Å². The van der Waals surface area contributed by atoms with Gasteiger partial charge in [-0.1, -0.05) is 12.1 Å². The number of ether oxygens (including phenoxy) is 1. The van der Waals surface area contributed by atoms with Crippen LogP contribution in [0.15, 0.2) is 24.3 Å². The molecule has 1 fully saturated rings. The molecule has 1 aromatic carbocycles. The van der Waals surface area contributed by atoms with Crippen LogP contribution in [0.25, 0.3) is 0 Å². The zero-order valence-electron chi connectivity index (χ0n) is 11.6. The van der Waals surface area contributed by atoms with Gasteiger partial charge in [-0.2, -0.15) is 0 Å². The van der Waals surface area contributed by atoms with Crippen molar-refractivity contribution in [3.05, 3.63) is 35.4 Å². The number of hydrogen-bond acceptors (Lipinski definition) is 4. The van der Waals surface area contributed by atoms with Gasteiger partial charge < -0.3 is 9.64 Å². The molecule has 1 aromatic rings. The van der Waals surface area contributed by atoms with E-state index in [4.69, 9.17) is 4.74 Å². The molecule has 3 rings (SSSR count). The zero-order chi connectivity index (χ0) is 14.8. The Labute approximate surface area is 122 Å². The van der Waals surface area contributed by atoms with Crippen LogP contribution in [0.2, 0.25) is 0 Å². The van der Waals surface area contributed by atoms with Crippen LogP contribution in [0, 0.1) is 0 Å². The van der Waals surface area contributed by atoms with Crippen molar-refractivity contribution in [2.45, 2.75) is 12.8 Å². The van der Waals surface area contributed by atoms with Crippen molar-refractivity contribution in [1.29, 1.82) is 0 Å². The van der Waals surface area contributed by atoms with Crippen molar-refractivity contribution in [3.8, 4) is 0 Å². The van der Waals surface area contributed by atoms with Crippen LogP contribution in [-0.4, -0.2) is 53.9 Å². The van der Waals surface area contributed by atoms with Gasteiger partial charge in [0.15, 0.2) is 0 Å². The molecule has 1 saturated heterocycles. The molecule has 2 aliphatic heterocycles. The van der Waals surface area contributed by atoms with Gasteiger partial charge in [-0.25, -0.2) is 0 Å². The maximum Gasteiger partial charge on any atom is 0.261 e. The van der Waals surface area contributed by atoms with Crippen LogP contribution < -0.4 is 0 Å². The largest absolute Gasteiger partial charge is 0.359 e. The standard InChI is InChI=1S/C15H16N2O4/c18-13(16-8-9-21-10-16)6-3-7-17-14(19)11-4-1-2-5-12(11)15(17)20/h1-2,4-5H,3,6-10H2. The Morgan fingerprint density at radius 1 is 1.14 bits per heavy atom. The van der Waals surface area contributed by atoms with E-state index in [1.165, 1.54) is 4.90 Å². The van der Waals surface area contributed by atoms with Gasteiger partial charge in [-0.3, -0.25) is 19.3 Å². The number of carbonyl (C=O) groups is 3. The Morgan fingerprint density at radius 3 is 2.38 bits per heavy atom. The van der Waals surface area contributed by atoms with Crippen molar-refractivity contribution in [1.82, 2.24) is 9.80 Å². The maximum absolute atomic E-state index is 12.1. The minimum absolute atomic E-state index is 0.00380. The van der Waals surface area contributed by atoms with Crippen molar-refractivity contribution in [2.75, 3.05) is 26.4 Å². The predicted molar refractivity (Wildman–Crippen MR) is 73.6 cm³/mol. The molecule has 0 aromatic heterocycles. The first-order valence-electron chi connectivity index (χ1n) is 6.99. The smallest absolute Gasteiger partial charge is 0.261 e. The quantitative estimate of drug-likeness (QED) is 0.771. The molecule has 6 heteroatoms. The molecule has 0 spiro atoms. The van der Waals surface area contributed by atoms with Gasteiger partial charge in [0.1, 0.15) is 6.73 Å². The molecule has 0 N–H and O–H groups in total. The SMILES string of the molecule is O=C(CCCN1C(=O)c2ccccc2C1=O)N1CCOC1. The molecule has 0 radical (unpaired) electrons. The highest BCUT2D eigenvalue weighted by atomic mass is 16.5. The molecule has 6 nitrogen and oxygen atoms in total. The summed E-state index contributed by atoms with van der Waals surface area (Å²) in [5.41, 5.74) is 0.892. The summed E-state index contributed by atoms with van der Waals surface area (Å²) in [6.45, 7) is 1.80. The third-order valence-electron chi connectivity index (χ3n) is 3.76. The van der Waals surface area contributed by atoms with Crippen molar-refractivity contribution in [2.24, 2.45) is 0 Å². The summed E-state index contributed by atoms with van der Waals surface area (Å²) in [7, 11) is 0. The van der Waals surface area contributed by atoms with E-state index in [1.807, 2.05) is 0 Å². The summed E-state index contributed by atoms with van der Waals surface area (Å²) in [4.78, 5) is 39.0. The van der Waals surface area contributed by atoms with Crippen molar-refractivity contribution < 1.29 is 19.1 Å². The van der Waals surface area contributed by atoms with Gasteiger partial charge in [-0.15, -0.1) is 0 Å². The van der Waals surface area contributed by atoms with E-state index in [2.05, 4.69) is 0 Å². The fraction of sp³-hybridized carbons (Fsp3) is 0.400. The average Bonchev–Trinajstić information content (AvgIpc) is 3.11. The predicted octanol–water partition coefficient (Wildman–Crippen LogP) is 0.879. The lowest BCUT2D eigenvalue weighted by molar-refractivity contribution is -0.131. The molecule has 2 heterocycles. The van der Waals surface area contributed by atoms with Crippen LogP contribution in [-0.2, 0) is 9.53 Å².